The van der Waals surface area contributed by atoms with E-state index in [4.69, 9.17) is 4.74 Å². The number of ether oxygens (including phenoxy) is 1. The van der Waals surface area contributed by atoms with E-state index >= 15 is 0 Å². The molecule has 4 heteroatoms. The van der Waals surface area contributed by atoms with Crippen LogP contribution in [0.5, 0.6) is 0 Å². The van der Waals surface area contributed by atoms with Crippen LogP contribution in [0.1, 0.15) is 67.7 Å². The highest BCUT2D eigenvalue weighted by atomic mass is 128. The van der Waals surface area contributed by atoms with Gasteiger partial charge in [-0.2, -0.15) is 0 Å². The van der Waals surface area contributed by atoms with Gasteiger partial charge in [0.2, 0.25) is 0 Å². The van der Waals surface area contributed by atoms with Gasteiger partial charge in [0, 0.05) is 43.8 Å². The third-order valence-electron chi connectivity index (χ3n) is 1.41. The quantitative estimate of drug-likeness (QED) is 0.432. The normalized spacial score (nSPS) is 15.9. The average molecular weight is 462 g/mol. The Morgan fingerprint density at radius 1 is 0.875 bits per heavy atom. The van der Waals surface area contributed by atoms with Crippen LogP contribution in [0.3, 0.4) is 0 Å². The van der Waals surface area contributed by atoms with Crippen LogP contribution in [0.25, 0.3) is 0 Å². The molecule has 1 unspecified atom stereocenters. The molecule has 106 valence electrons. The van der Waals surface area contributed by atoms with Gasteiger partial charge in [-0.1, -0.05) is 41.5 Å². The van der Waals surface area contributed by atoms with Crippen molar-refractivity contribution < 1.29 is 10.2 Å². The summed E-state index contributed by atoms with van der Waals surface area (Å²) in [5, 5.41) is 0. The lowest BCUT2D eigenvalue weighted by atomic mass is 10.1. The molecule has 1 atom stereocenters. The van der Waals surface area contributed by atoms with E-state index in [1.165, 1.54) is 19.3 Å². The summed E-state index contributed by atoms with van der Waals surface area (Å²) in [6.07, 6.45) is 4.43. The van der Waals surface area contributed by atoms with E-state index in [9.17, 15) is 0 Å². The van der Waals surface area contributed by atoms with Crippen LogP contribution in [0, 0.1) is 0 Å². The molecule has 0 spiro atoms. The Morgan fingerprint density at radius 2 is 1.25 bits per heavy atom. The molecule has 0 aromatic rings. The third kappa shape index (κ3) is 36.1. The van der Waals surface area contributed by atoms with Crippen molar-refractivity contribution in [1.29, 1.82) is 0 Å². The zero-order chi connectivity index (χ0) is 13.1. The first-order valence-corrected chi connectivity index (χ1v) is 12.4. The summed E-state index contributed by atoms with van der Waals surface area (Å²) >= 11 is 4.24. The van der Waals surface area contributed by atoms with Gasteiger partial charge in [0.1, 0.15) is 0 Å². The first-order valence-electron chi connectivity index (χ1n) is 6.15. The number of hydrogen-bond acceptors (Lipinski definition) is 1. The second kappa shape index (κ2) is 44.0. The summed E-state index contributed by atoms with van der Waals surface area (Å²) in [6.45, 7) is 15.1. The van der Waals surface area contributed by atoms with Crippen molar-refractivity contribution >= 4 is 37.2 Å². The molecule has 1 saturated heterocycles. The molecule has 2 N–H and O–H groups in total. The molecule has 0 amide bonds. The zero-order valence-corrected chi connectivity index (χ0v) is 16.4. The molecule has 0 aromatic carbocycles. The highest BCUT2D eigenvalue weighted by molar-refractivity contribution is 15.0. The molecule has 0 saturated carbocycles. The van der Waals surface area contributed by atoms with Crippen molar-refractivity contribution in [2.24, 2.45) is 0 Å². The highest BCUT2D eigenvalue weighted by Gasteiger charge is 2.05. The molecule has 0 aliphatic carbocycles. The molecule has 2 nitrogen and oxygen atoms in total. The Balaban J connectivity index is -0.0000000390. The van der Waals surface area contributed by atoms with Gasteiger partial charge in [-0.3, -0.25) is 0 Å². The van der Waals surface area contributed by atoms with Crippen LogP contribution in [-0.4, -0.2) is 18.2 Å². The number of rotatable bonds is 0. The predicted molar refractivity (Wildman–Crippen MR) is 95.0 cm³/mol. The first-order chi connectivity index (χ1) is 7.39. The van der Waals surface area contributed by atoms with E-state index in [0.717, 1.165) is 6.61 Å². The second-order valence-electron chi connectivity index (χ2n) is 2.18. The van der Waals surface area contributed by atoms with Gasteiger partial charge in [-0.05, 0) is 26.2 Å². The topological polar surface area (TPSA) is 40.7 Å². The molecule has 1 aliphatic heterocycles. The van der Waals surface area contributed by atoms with Gasteiger partial charge >= 0.3 is 0 Å². The molecule has 16 heavy (non-hydrogen) atoms. The van der Waals surface area contributed by atoms with Gasteiger partial charge in [-0.25, -0.2) is 0 Å². The maximum atomic E-state index is 5.28. The first kappa shape index (κ1) is 30.4. The number of hydrogen-bond donors (Lipinski definition) is 0. The minimum absolute atomic E-state index is 0. The Bertz CT molecular complexity index is 59.0. The molecular weight excluding hydrogens is 430 g/mol. The van der Waals surface area contributed by atoms with E-state index in [1.54, 1.807) is 0 Å². The Morgan fingerprint density at radius 3 is 1.38 bits per heavy atom. The van der Waals surface area contributed by atoms with Crippen LogP contribution in [0.2, 0.25) is 0 Å². The monoisotopic (exact) mass is 462 g/mol. The van der Waals surface area contributed by atoms with Crippen molar-refractivity contribution in [3.63, 3.8) is 0 Å². The fraction of sp³-hybridized carbons (Fsp3) is 1.00. The lowest BCUT2D eigenvalue weighted by Gasteiger charge is -2.17. The van der Waals surface area contributed by atoms with Gasteiger partial charge in [-0.15, -0.1) is 0 Å². The van der Waals surface area contributed by atoms with Crippen molar-refractivity contribution in [1.82, 2.24) is 0 Å². The molecule has 0 bridgehead atoms. The van der Waals surface area contributed by atoms with Crippen molar-refractivity contribution in [3.05, 3.63) is 0 Å². The van der Waals surface area contributed by atoms with Crippen molar-refractivity contribution in [2.75, 3.05) is 6.61 Å². The molecule has 0 radical (unpaired) electrons. The summed E-state index contributed by atoms with van der Waals surface area (Å²) in [7, 11) is 0. The van der Waals surface area contributed by atoms with E-state index in [-0.39, 0.29) is 5.48 Å². The van der Waals surface area contributed by atoms with Gasteiger partial charge < -0.3 is 10.2 Å². The molecular formula is C12H32I2O2. The van der Waals surface area contributed by atoms with E-state index in [2.05, 4.69) is 44.2 Å². The maximum Gasteiger partial charge on any atom is 0.0547 e. The van der Waals surface area contributed by atoms with Crippen molar-refractivity contribution in [3.8, 4) is 0 Å². The smallest absolute Gasteiger partial charge is 0.0547 e. The van der Waals surface area contributed by atoms with Gasteiger partial charge in [0.15, 0.2) is 0 Å². The van der Waals surface area contributed by atoms with Gasteiger partial charge in [0.25, 0.3) is 0 Å². The zero-order valence-electron chi connectivity index (χ0n) is 12.1. The maximum absolute atomic E-state index is 5.28. The van der Waals surface area contributed by atoms with Crippen molar-refractivity contribution in [2.45, 2.75) is 73.8 Å². The molecule has 1 rings (SSSR count). The molecule has 1 fully saturated rings. The summed E-state index contributed by atoms with van der Waals surface area (Å²) in [5.74, 6) is 0. The highest BCUT2D eigenvalue weighted by Crippen LogP contribution is 2.10. The molecule has 1 heterocycles. The Labute approximate surface area is 127 Å². The third-order valence-corrected chi connectivity index (χ3v) is 1.41. The summed E-state index contributed by atoms with van der Waals surface area (Å²) in [6, 6.07) is 0. The largest absolute Gasteiger partial charge is 0.412 e. The average Bonchev–Trinajstić information content (AvgIpc) is 2.40. The summed E-state index contributed by atoms with van der Waals surface area (Å²) in [4.78, 5) is 0. The Kier molecular flexibility index (Phi) is 83.7. The SMILES string of the molecule is CC.CC.CC.CC1CCCCO1.II.O. The standard InChI is InChI=1S/C6H12O.3C2H6.I2.H2O/c1-6-4-2-3-5-7-6;4*1-2;/h6H,2-5H2,1H3;3*1-2H3;;1H2. The molecule has 1 aliphatic rings. The predicted octanol–water partition coefficient (Wildman–Crippen LogP) is 5.60. The van der Waals surface area contributed by atoms with E-state index in [1.807, 2.05) is 41.5 Å². The summed E-state index contributed by atoms with van der Waals surface area (Å²) in [5.41, 5.74) is 0. The van der Waals surface area contributed by atoms with Gasteiger partial charge in [0.05, 0.1) is 6.10 Å². The van der Waals surface area contributed by atoms with Crippen LogP contribution >= 0.6 is 37.2 Å². The van der Waals surface area contributed by atoms with Crippen LogP contribution < -0.4 is 0 Å². The minimum atomic E-state index is 0. The van der Waals surface area contributed by atoms with Crippen LogP contribution in [0.15, 0.2) is 0 Å². The van der Waals surface area contributed by atoms with Crippen LogP contribution in [0.4, 0.5) is 0 Å². The lowest BCUT2D eigenvalue weighted by molar-refractivity contribution is 0.0285. The van der Waals surface area contributed by atoms with E-state index in [0.29, 0.717) is 6.10 Å². The lowest BCUT2D eigenvalue weighted by Crippen LogP contribution is -2.14. The Hall–Kier alpha value is 1.38. The fourth-order valence-electron chi connectivity index (χ4n) is 0.902. The second-order valence-corrected chi connectivity index (χ2v) is 2.18. The molecule has 0 aromatic heterocycles. The van der Waals surface area contributed by atoms with Crippen LogP contribution in [-0.2, 0) is 4.74 Å². The number of halogens is 2. The fourth-order valence-corrected chi connectivity index (χ4v) is 0.902. The minimum Gasteiger partial charge on any atom is -0.412 e. The summed E-state index contributed by atoms with van der Waals surface area (Å²) < 4.78 is 5.28. The van der Waals surface area contributed by atoms with E-state index < -0.39 is 0 Å².